The summed E-state index contributed by atoms with van der Waals surface area (Å²) in [5.74, 6) is -4.48. The first kappa shape index (κ1) is 41.9. The Hall–Kier alpha value is -5.83. The van der Waals surface area contributed by atoms with Gasteiger partial charge in [0.1, 0.15) is 35.2 Å². The van der Waals surface area contributed by atoms with Crippen molar-refractivity contribution in [2.75, 3.05) is 56.5 Å². The van der Waals surface area contributed by atoms with Gasteiger partial charge in [0.05, 0.1) is 34.8 Å². The minimum Gasteiger partial charge on any atom is -0.386 e. The Bertz CT molecular complexity index is 2500. The number of nitrogens with one attached hydrogen (secondary N) is 2. The van der Waals surface area contributed by atoms with E-state index in [0.29, 0.717) is 47.9 Å². The van der Waals surface area contributed by atoms with Gasteiger partial charge in [0.15, 0.2) is 5.82 Å². The molecule has 1 saturated carbocycles. The highest BCUT2D eigenvalue weighted by atomic mass is 19.1. The Morgan fingerprint density at radius 3 is 2.23 bits per heavy atom. The Labute approximate surface area is 350 Å². The summed E-state index contributed by atoms with van der Waals surface area (Å²) in [6.07, 6.45) is 7.84. The molecule has 2 amide bonds. The molecule has 0 bridgehead atoms. The molecule has 1 aliphatic carbocycles. The lowest BCUT2D eigenvalue weighted by atomic mass is 9.89. The zero-order valence-corrected chi connectivity index (χ0v) is 34.4. The number of halogens is 3. The van der Waals surface area contributed by atoms with Gasteiger partial charge in [-0.25, -0.2) is 17.7 Å². The maximum Gasteiger partial charge on any atom is 0.274 e. The Morgan fingerprint density at radius 1 is 0.951 bits per heavy atom. The number of aldehydes is 1. The van der Waals surface area contributed by atoms with E-state index < -0.39 is 40.8 Å². The number of nitrogens with zero attached hydrogens (tertiary/aromatic N) is 8. The van der Waals surface area contributed by atoms with Crippen LogP contribution in [0.1, 0.15) is 91.5 Å². The molecule has 2 aliphatic heterocycles. The topological polar surface area (TPSA) is 164 Å². The van der Waals surface area contributed by atoms with Crippen LogP contribution < -0.4 is 15.5 Å². The second-order valence-electron chi connectivity index (χ2n) is 16.9. The van der Waals surface area contributed by atoms with Gasteiger partial charge in [-0.3, -0.25) is 24.1 Å². The molecule has 14 nitrogen and oxygen atoms in total. The first-order valence-corrected chi connectivity index (χ1v) is 20.8. The van der Waals surface area contributed by atoms with Crippen LogP contribution in [-0.4, -0.2) is 111 Å². The fraction of sp³-hybridized carbons (Fsp3) is 0.455. The van der Waals surface area contributed by atoms with E-state index in [1.807, 2.05) is 21.8 Å². The van der Waals surface area contributed by atoms with Crippen LogP contribution in [0.5, 0.6) is 0 Å². The third-order valence-corrected chi connectivity index (χ3v) is 12.7. The third-order valence-electron chi connectivity index (χ3n) is 12.7. The Kier molecular flexibility index (Phi) is 11.6. The molecule has 1 atom stereocenters. The standard InChI is InChI=1S/C44H49F3N10O4/c1-44(2,61)33-19-37-27(16-38(33)51-43(60)40-20-34(45)39-15-26(21-48)22-50-57(39)40)23-56(52-37)29-8-6-28(7-9-29)53-10-12-54(13-11-53)31-24-55(25-31)30-17-35(46)41(36(47)18-30)32(5-4-14-58)42(59)49-3/h14-20,22-23,28-29,31-32,61H,4-13,24-25H2,1-3H3,(H,49,59)(H,51,60)/t28?,29?,32-/m1/s1. The molecule has 17 heteroatoms. The molecule has 320 valence electrons. The summed E-state index contributed by atoms with van der Waals surface area (Å²) in [5, 5.41) is 35.4. The van der Waals surface area contributed by atoms with Crippen LogP contribution in [0.3, 0.4) is 0 Å². The molecule has 3 aliphatic rings. The number of hydrogen-bond donors (Lipinski definition) is 3. The van der Waals surface area contributed by atoms with Gasteiger partial charge in [-0.05, 0) is 76.3 Å². The van der Waals surface area contributed by atoms with Crippen molar-refractivity contribution >= 4 is 45.9 Å². The molecule has 3 N–H and O–H groups in total. The highest BCUT2D eigenvalue weighted by molar-refractivity contribution is 6.05. The zero-order chi connectivity index (χ0) is 43.2. The molecule has 0 unspecified atom stereocenters. The van der Waals surface area contributed by atoms with Crippen LogP contribution in [0.25, 0.3) is 16.4 Å². The maximum absolute atomic E-state index is 15.3. The molecular formula is C44H49F3N10O4. The molecule has 0 spiro atoms. The predicted molar refractivity (Wildman–Crippen MR) is 222 cm³/mol. The smallest absolute Gasteiger partial charge is 0.274 e. The van der Waals surface area contributed by atoms with Crippen LogP contribution in [0, 0.1) is 28.8 Å². The molecule has 3 aromatic heterocycles. The minimum absolute atomic E-state index is 0.00470. The molecule has 3 fully saturated rings. The van der Waals surface area contributed by atoms with Gasteiger partial charge < -0.3 is 25.4 Å². The molecule has 0 radical (unpaired) electrons. The van der Waals surface area contributed by atoms with Gasteiger partial charge >= 0.3 is 0 Å². The molecule has 61 heavy (non-hydrogen) atoms. The van der Waals surface area contributed by atoms with E-state index in [9.17, 15) is 29.1 Å². The number of carbonyl (C=O) groups is 3. The largest absolute Gasteiger partial charge is 0.386 e. The second-order valence-corrected chi connectivity index (χ2v) is 16.9. The van der Waals surface area contributed by atoms with Crippen molar-refractivity contribution in [3.63, 3.8) is 0 Å². The third kappa shape index (κ3) is 8.31. The number of amides is 2. The second kappa shape index (κ2) is 16.9. The number of aliphatic hydroxyl groups is 1. The van der Waals surface area contributed by atoms with Gasteiger partial charge in [-0.1, -0.05) is 0 Å². The maximum atomic E-state index is 15.3. The van der Waals surface area contributed by atoms with Crippen molar-refractivity contribution in [3.05, 3.63) is 88.6 Å². The van der Waals surface area contributed by atoms with Crippen LogP contribution in [-0.2, 0) is 15.2 Å². The van der Waals surface area contributed by atoms with Crippen molar-refractivity contribution in [3.8, 4) is 6.07 Å². The number of nitriles is 1. The fourth-order valence-corrected chi connectivity index (χ4v) is 9.30. The molecule has 5 aromatic rings. The summed E-state index contributed by atoms with van der Waals surface area (Å²) in [5.41, 5.74) is 0.420. The van der Waals surface area contributed by atoms with E-state index in [1.54, 1.807) is 26.0 Å². The lowest BCUT2D eigenvalue weighted by Crippen LogP contribution is -2.64. The summed E-state index contributed by atoms with van der Waals surface area (Å²) >= 11 is 0. The lowest BCUT2D eigenvalue weighted by Gasteiger charge is -2.50. The van der Waals surface area contributed by atoms with Crippen LogP contribution >= 0.6 is 0 Å². The number of hydrogen-bond acceptors (Lipinski definition) is 10. The van der Waals surface area contributed by atoms with E-state index in [4.69, 9.17) is 5.10 Å². The average Bonchev–Trinajstić information content (AvgIpc) is 3.80. The van der Waals surface area contributed by atoms with Gasteiger partial charge in [-0.2, -0.15) is 15.5 Å². The first-order valence-electron chi connectivity index (χ1n) is 20.8. The highest BCUT2D eigenvalue weighted by Gasteiger charge is 2.37. The van der Waals surface area contributed by atoms with Crippen molar-refractivity contribution in [2.45, 2.75) is 82.0 Å². The zero-order valence-electron chi connectivity index (χ0n) is 34.4. The van der Waals surface area contributed by atoms with Gasteiger partial charge in [-0.15, -0.1) is 0 Å². The summed E-state index contributed by atoms with van der Waals surface area (Å²) in [6, 6.07) is 11.4. The average molecular weight is 839 g/mol. The normalized spacial score (nSPS) is 19.7. The fourth-order valence-electron chi connectivity index (χ4n) is 9.30. The number of benzene rings is 2. The van der Waals surface area contributed by atoms with Crippen LogP contribution in [0.15, 0.2) is 48.8 Å². The van der Waals surface area contributed by atoms with E-state index in [0.717, 1.165) is 67.8 Å². The number of fused-ring (bicyclic) bond motifs is 2. The van der Waals surface area contributed by atoms with Crippen LogP contribution in [0.4, 0.5) is 24.5 Å². The number of rotatable bonds is 12. The van der Waals surface area contributed by atoms with Crippen molar-refractivity contribution in [1.29, 1.82) is 5.26 Å². The van der Waals surface area contributed by atoms with E-state index >= 15 is 8.78 Å². The number of carbonyl (C=O) groups excluding carboxylic acids is 3. The van der Waals surface area contributed by atoms with E-state index in [-0.39, 0.29) is 47.3 Å². The monoisotopic (exact) mass is 838 g/mol. The SMILES string of the molecule is CNC(=O)[C@H](CCC=O)c1c(F)cc(N2CC(N3CCN(C4CCC(n5cc6cc(NC(=O)c7cc(F)c8cc(C#N)cnn78)c(C(C)(C)O)cc6n5)CC4)CC3)C2)cc1F. The van der Waals surface area contributed by atoms with E-state index in [1.165, 1.54) is 31.4 Å². The highest BCUT2D eigenvalue weighted by Crippen LogP contribution is 2.37. The van der Waals surface area contributed by atoms with Crippen molar-refractivity contribution in [1.82, 2.24) is 34.5 Å². The number of aromatic nitrogens is 4. The summed E-state index contributed by atoms with van der Waals surface area (Å²) in [6.45, 7) is 8.25. The summed E-state index contributed by atoms with van der Waals surface area (Å²) in [7, 11) is 1.40. The quantitative estimate of drug-likeness (QED) is 0.142. The summed E-state index contributed by atoms with van der Waals surface area (Å²) < 4.78 is 48.4. The number of likely N-dealkylation sites (N-methyl/N-ethyl adjacent to an activating group) is 1. The van der Waals surface area contributed by atoms with E-state index in [2.05, 4.69) is 25.5 Å². The molecule has 5 heterocycles. The Morgan fingerprint density at radius 2 is 1.61 bits per heavy atom. The lowest BCUT2D eigenvalue weighted by molar-refractivity contribution is -0.122. The van der Waals surface area contributed by atoms with Gasteiger partial charge in [0, 0.05) is 105 Å². The minimum atomic E-state index is -1.34. The van der Waals surface area contributed by atoms with Gasteiger partial charge in [0.25, 0.3) is 5.91 Å². The molecule has 2 saturated heterocycles. The predicted octanol–water partition coefficient (Wildman–Crippen LogP) is 5.25. The van der Waals surface area contributed by atoms with Gasteiger partial charge in [0.2, 0.25) is 5.91 Å². The molecular weight excluding hydrogens is 790 g/mol. The van der Waals surface area contributed by atoms with Crippen molar-refractivity contribution < 1.29 is 32.7 Å². The number of anilines is 2. The Balaban J connectivity index is 0.857. The van der Waals surface area contributed by atoms with Crippen LogP contribution in [0.2, 0.25) is 0 Å². The van der Waals surface area contributed by atoms with Crippen molar-refractivity contribution in [2.24, 2.45) is 0 Å². The first-order chi connectivity index (χ1) is 29.3. The summed E-state index contributed by atoms with van der Waals surface area (Å²) in [4.78, 5) is 43.8. The number of piperazine rings is 1. The molecule has 2 aromatic carbocycles. The molecule has 8 rings (SSSR count).